The van der Waals surface area contributed by atoms with Gasteiger partial charge in [-0.2, -0.15) is 9.97 Å². The smallest absolute Gasteiger partial charge is 0.320 e. The lowest BCUT2D eigenvalue weighted by molar-refractivity contribution is 0.353. The molecule has 0 amide bonds. The number of halogens is 3. The van der Waals surface area contributed by atoms with Crippen molar-refractivity contribution in [2.75, 3.05) is 14.2 Å². The number of rotatable bonds is 3. The van der Waals surface area contributed by atoms with Gasteiger partial charge in [0.15, 0.2) is 0 Å². The van der Waals surface area contributed by atoms with Crippen LogP contribution >= 0.6 is 23.2 Å². The molecular weight excluding hydrogens is 294 g/mol. The van der Waals surface area contributed by atoms with Crippen molar-refractivity contribution < 1.29 is 13.9 Å². The molecule has 2 aromatic rings. The molecule has 1 aromatic carbocycles. The molecule has 1 aromatic heterocycles. The Kier molecular flexibility index (Phi) is 4.07. The van der Waals surface area contributed by atoms with Gasteiger partial charge in [-0.05, 0) is 17.7 Å². The predicted octanol–water partition coefficient (Wildman–Crippen LogP) is 3.61. The SMILES string of the molecule is COc1nc(Cl)c(-c2ccc(F)c(Cl)c2)c(OC)n1. The van der Waals surface area contributed by atoms with E-state index in [0.29, 0.717) is 11.1 Å². The van der Waals surface area contributed by atoms with Gasteiger partial charge in [-0.15, -0.1) is 0 Å². The van der Waals surface area contributed by atoms with Crippen molar-refractivity contribution in [2.45, 2.75) is 0 Å². The summed E-state index contributed by atoms with van der Waals surface area (Å²) in [5, 5.41) is 0.109. The van der Waals surface area contributed by atoms with Crippen LogP contribution in [-0.4, -0.2) is 24.2 Å². The Bertz CT molecular complexity index is 623. The van der Waals surface area contributed by atoms with E-state index in [1.807, 2.05) is 0 Å². The first kappa shape index (κ1) is 13.8. The minimum atomic E-state index is -0.519. The molecule has 0 N–H and O–H groups in total. The Morgan fingerprint density at radius 3 is 2.42 bits per heavy atom. The third-order valence-corrected chi connectivity index (χ3v) is 2.96. The van der Waals surface area contributed by atoms with E-state index in [0.717, 1.165) is 0 Å². The summed E-state index contributed by atoms with van der Waals surface area (Å²) >= 11 is 11.8. The lowest BCUT2D eigenvalue weighted by atomic mass is 10.1. The molecular formula is C12H9Cl2FN2O2. The van der Waals surface area contributed by atoms with Crippen LogP contribution in [0.25, 0.3) is 11.1 Å². The summed E-state index contributed by atoms with van der Waals surface area (Å²) in [4.78, 5) is 7.97. The monoisotopic (exact) mass is 302 g/mol. The van der Waals surface area contributed by atoms with Gasteiger partial charge >= 0.3 is 6.01 Å². The number of ether oxygens (including phenoxy) is 2. The van der Waals surface area contributed by atoms with Crippen LogP contribution in [0.4, 0.5) is 4.39 Å². The first-order chi connectivity index (χ1) is 9.06. The summed E-state index contributed by atoms with van der Waals surface area (Å²) < 4.78 is 23.2. The minimum absolute atomic E-state index is 0.0218. The molecule has 0 fully saturated rings. The molecule has 0 saturated carbocycles. The molecule has 0 bridgehead atoms. The van der Waals surface area contributed by atoms with Crippen molar-refractivity contribution in [3.63, 3.8) is 0 Å². The molecule has 0 saturated heterocycles. The summed E-state index contributed by atoms with van der Waals surface area (Å²) in [6, 6.07) is 4.26. The van der Waals surface area contributed by atoms with Crippen LogP contribution in [0.3, 0.4) is 0 Å². The Morgan fingerprint density at radius 2 is 1.84 bits per heavy atom. The van der Waals surface area contributed by atoms with Gasteiger partial charge in [-0.25, -0.2) is 4.39 Å². The Balaban J connectivity index is 2.63. The lowest BCUT2D eigenvalue weighted by Gasteiger charge is -2.10. The van der Waals surface area contributed by atoms with E-state index in [1.165, 1.54) is 32.4 Å². The molecule has 0 radical (unpaired) electrons. The number of aromatic nitrogens is 2. The second kappa shape index (κ2) is 5.59. The van der Waals surface area contributed by atoms with Crippen LogP contribution in [0.2, 0.25) is 10.2 Å². The standard InChI is InChI=1S/C12H9Cl2FN2O2/c1-18-11-9(10(14)16-12(17-11)19-2)6-3-4-8(15)7(13)5-6/h3-5H,1-2H3. The van der Waals surface area contributed by atoms with Gasteiger partial charge in [0.2, 0.25) is 5.88 Å². The van der Waals surface area contributed by atoms with Crippen molar-refractivity contribution in [3.8, 4) is 23.0 Å². The van der Waals surface area contributed by atoms with Crippen molar-refractivity contribution in [3.05, 3.63) is 34.2 Å². The van der Waals surface area contributed by atoms with Crippen molar-refractivity contribution in [2.24, 2.45) is 0 Å². The minimum Gasteiger partial charge on any atom is -0.480 e. The number of nitrogens with zero attached hydrogens (tertiary/aromatic N) is 2. The van der Waals surface area contributed by atoms with Crippen molar-refractivity contribution >= 4 is 23.2 Å². The van der Waals surface area contributed by atoms with E-state index >= 15 is 0 Å². The van der Waals surface area contributed by atoms with Gasteiger partial charge < -0.3 is 9.47 Å². The highest BCUT2D eigenvalue weighted by Gasteiger charge is 2.17. The van der Waals surface area contributed by atoms with Crippen molar-refractivity contribution in [1.82, 2.24) is 9.97 Å². The molecule has 0 aliphatic heterocycles. The van der Waals surface area contributed by atoms with Gasteiger partial charge in [0.1, 0.15) is 11.0 Å². The number of methoxy groups -OCH3 is 2. The van der Waals surface area contributed by atoms with Crippen molar-refractivity contribution in [1.29, 1.82) is 0 Å². The van der Waals surface area contributed by atoms with Gasteiger partial charge in [-0.1, -0.05) is 29.3 Å². The number of benzene rings is 1. The topological polar surface area (TPSA) is 44.2 Å². The average molecular weight is 303 g/mol. The van der Waals surface area contributed by atoms with Crippen LogP contribution in [0, 0.1) is 5.82 Å². The van der Waals surface area contributed by atoms with E-state index in [4.69, 9.17) is 32.7 Å². The lowest BCUT2D eigenvalue weighted by Crippen LogP contribution is -1.99. The average Bonchev–Trinajstić information content (AvgIpc) is 2.41. The van der Waals surface area contributed by atoms with Crippen LogP contribution in [-0.2, 0) is 0 Å². The Hall–Kier alpha value is -1.59. The molecule has 100 valence electrons. The van der Waals surface area contributed by atoms with E-state index in [-0.39, 0.29) is 22.1 Å². The normalized spacial score (nSPS) is 10.4. The molecule has 0 spiro atoms. The van der Waals surface area contributed by atoms with Gasteiger partial charge in [0, 0.05) is 0 Å². The zero-order valence-electron chi connectivity index (χ0n) is 10.1. The zero-order chi connectivity index (χ0) is 14.0. The van der Waals surface area contributed by atoms with Crippen LogP contribution < -0.4 is 9.47 Å². The first-order valence-corrected chi connectivity index (χ1v) is 5.93. The first-order valence-electron chi connectivity index (χ1n) is 5.17. The summed E-state index contributed by atoms with van der Waals surface area (Å²) in [6.07, 6.45) is 0. The fourth-order valence-electron chi connectivity index (χ4n) is 1.53. The number of hydrogen-bond donors (Lipinski definition) is 0. The molecule has 4 nitrogen and oxygen atoms in total. The maximum Gasteiger partial charge on any atom is 0.320 e. The van der Waals surface area contributed by atoms with Gasteiger partial charge in [0.05, 0.1) is 24.8 Å². The molecule has 0 aliphatic carbocycles. The van der Waals surface area contributed by atoms with E-state index < -0.39 is 5.82 Å². The summed E-state index contributed by atoms with van der Waals surface area (Å²) in [5.41, 5.74) is 0.975. The highest BCUT2D eigenvalue weighted by Crippen LogP contribution is 2.36. The third-order valence-electron chi connectivity index (χ3n) is 2.40. The van der Waals surface area contributed by atoms with Gasteiger partial charge in [-0.3, -0.25) is 0 Å². The summed E-state index contributed by atoms with van der Waals surface area (Å²) in [6.45, 7) is 0. The molecule has 0 aliphatic rings. The van der Waals surface area contributed by atoms with Gasteiger partial charge in [0.25, 0.3) is 0 Å². The molecule has 7 heteroatoms. The largest absolute Gasteiger partial charge is 0.480 e. The molecule has 1 heterocycles. The van der Waals surface area contributed by atoms with Crippen LogP contribution in [0.5, 0.6) is 11.9 Å². The van der Waals surface area contributed by atoms with E-state index in [9.17, 15) is 4.39 Å². The van der Waals surface area contributed by atoms with Crippen LogP contribution in [0.15, 0.2) is 18.2 Å². The highest BCUT2D eigenvalue weighted by molar-refractivity contribution is 6.33. The maximum absolute atomic E-state index is 13.2. The van der Waals surface area contributed by atoms with E-state index in [2.05, 4.69) is 9.97 Å². The molecule has 19 heavy (non-hydrogen) atoms. The number of hydrogen-bond acceptors (Lipinski definition) is 4. The molecule has 0 atom stereocenters. The molecule has 0 unspecified atom stereocenters. The quantitative estimate of drug-likeness (QED) is 0.813. The third kappa shape index (κ3) is 2.72. The van der Waals surface area contributed by atoms with Crippen LogP contribution in [0.1, 0.15) is 0 Å². The second-order valence-corrected chi connectivity index (χ2v) is 4.28. The van der Waals surface area contributed by atoms with E-state index in [1.54, 1.807) is 0 Å². The molecule has 2 rings (SSSR count). The Labute approximate surface area is 119 Å². The zero-order valence-corrected chi connectivity index (χ0v) is 11.6. The fraction of sp³-hybridized carbons (Fsp3) is 0.167. The second-order valence-electron chi connectivity index (χ2n) is 3.51. The summed E-state index contributed by atoms with van der Waals surface area (Å²) in [5.74, 6) is -0.297. The summed E-state index contributed by atoms with van der Waals surface area (Å²) in [7, 11) is 2.85. The highest BCUT2D eigenvalue weighted by atomic mass is 35.5. The predicted molar refractivity (Wildman–Crippen MR) is 70.6 cm³/mol. The Morgan fingerprint density at radius 1 is 1.11 bits per heavy atom. The maximum atomic E-state index is 13.2. The fourth-order valence-corrected chi connectivity index (χ4v) is 1.97.